The van der Waals surface area contributed by atoms with E-state index in [1.54, 1.807) is 0 Å². The monoisotopic (exact) mass is 217 g/mol. The van der Waals surface area contributed by atoms with Crippen LogP contribution in [0.2, 0.25) is 0 Å². The fourth-order valence-electron chi connectivity index (χ4n) is 1.91. The fourth-order valence-corrected chi connectivity index (χ4v) is 1.91. The third-order valence-corrected chi connectivity index (χ3v) is 3.32. The molecule has 0 saturated carbocycles. The van der Waals surface area contributed by atoms with Crippen LogP contribution >= 0.6 is 0 Å². The first-order valence-electron chi connectivity index (χ1n) is 5.95. The molecule has 1 rings (SSSR count). The smallest absolute Gasteiger partial charge is 0.00816 e. The molecule has 0 aliphatic carbocycles. The maximum Gasteiger partial charge on any atom is 0.00816 e. The van der Waals surface area contributed by atoms with E-state index in [-0.39, 0.29) is 5.41 Å². The van der Waals surface area contributed by atoms with Crippen LogP contribution in [0.3, 0.4) is 0 Å². The Labute approximate surface area is 99.4 Å². The molecular formula is C15H23N. The summed E-state index contributed by atoms with van der Waals surface area (Å²) in [6.07, 6.45) is 2.87. The van der Waals surface area contributed by atoms with Gasteiger partial charge in [0.1, 0.15) is 0 Å². The van der Waals surface area contributed by atoms with Crippen LogP contribution in [0.15, 0.2) is 36.9 Å². The highest BCUT2D eigenvalue weighted by molar-refractivity contribution is 5.31. The van der Waals surface area contributed by atoms with Crippen molar-refractivity contribution in [3.63, 3.8) is 0 Å². The predicted octanol–water partition coefficient (Wildman–Crippen LogP) is 3.60. The normalized spacial score (nSPS) is 14.8. The maximum absolute atomic E-state index is 5.88. The molecule has 0 aliphatic heterocycles. The minimum atomic E-state index is 0.0251. The zero-order valence-electron chi connectivity index (χ0n) is 10.7. The highest BCUT2D eigenvalue weighted by atomic mass is 14.6. The van der Waals surface area contributed by atoms with Crippen molar-refractivity contribution >= 4 is 0 Å². The van der Waals surface area contributed by atoms with Crippen molar-refractivity contribution in [2.24, 2.45) is 5.73 Å². The molecule has 0 saturated heterocycles. The Bertz CT molecular complexity index is 337. The standard InChI is InChI=1S/C15H23N/c1-5-10-15(4,11-16)14-8-6-13(7-9-14)12(2)3/h5-9,12H,1,10-11,16H2,2-4H3. The quantitative estimate of drug-likeness (QED) is 0.749. The van der Waals surface area contributed by atoms with Crippen LogP contribution in [-0.2, 0) is 5.41 Å². The molecule has 0 fully saturated rings. The van der Waals surface area contributed by atoms with Gasteiger partial charge in [-0.2, -0.15) is 0 Å². The van der Waals surface area contributed by atoms with Gasteiger partial charge in [0.2, 0.25) is 0 Å². The minimum Gasteiger partial charge on any atom is -0.330 e. The highest BCUT2D eigenvalue weighted by Crippen LogP contribution is 2.28. The third-order valence-electron chi connectivity index (χ3n) is 3.32. The summed E-state index contributed by atoms with van der Waals surface area (Å²) in [7, 11) is 0. The topological polar surface area (TPSA) is 26.0 Å². The fraction of sp³-hybridized carbons (Fsp3) is 0.467. The molecule has 0 aliphatic rings. The first kappa shape index (κ1) is 13.0. The highest BCUT2D eigenvalue weighted by Gasteiger charge is 2.23. The molecule has 0 heterocycles. The third kappa shape index (κ3) is 2.73. The Hall–Kier alpha value is -1.08. The molecule has 88 valence electrons. The summed E-state index contributed by atoms with van der Waals surface area (Å²) in [4.78, 5) is 0. The van der Waals surface area contributed by atoms with Gasteiger partial charge in [0.25, 0.3) is 0 Å². The zero-order chi connectivity index (χ0) is 12.2. The lowest BCUT2D eigenvalue weighted by Gasteiger charge is -2.27. The summed E-state index contributed by atoms with van der Waals surface area (Å²) in [5.41, 5.74) is 8.58. The Kier molecular flexibility index (Phi) is 4.31. The van der Waals surface area contributed by atoms with Gasteiger partial charge in [0.15, 0.2) is 0 Å². The molecule has 2 N–H and O–H groups in total. The summed E-state index contributed by atoms with van der Waals surface area (Å²) in [5.74, 6) is 0.581. The van der Waals surface area contributed by atoms with E-state index in [9.17, 15) is 0 Å². The molecule has 0 radical (unpaired) electrons. The molecule has 0 amide bonds. The average molecular weight is 217 g/mol. The van der Waals surface area contributed by atoms with Gasteiger partial charge >= 0.3 is 0 Å². The summed E-state index contributed by atoms with van der Waals surface area (Å²) < 4.78 is 0. The van der Waals surface area contributed by atoms with Crippen molar-refractivity contribution in [3.8, 4) is 0 Å². The van der Waals surface area contributed by atoms with Crippen molar-refractivity contribution in [2.75, 3.05) is 6.54 Å². The van der Waals surface area contributed by atoms with Crippen molar-refractivity contribution in [1.29, 1.82) is 0 Å². The summed E-state index contributed by atoms with van der Waals surface area (Å²) in [6, 6.07) is 8.81. The van der Waals surface area contributed by atoms with Gasteiger partial charge in [0, 0.05) is 12.0 Å². The van der Waals surface area contributed by atoms with Gasteiger partial charge in [-0.25, -0.2) is 0 Å². The van der Waals surface area contributed by atoms with E-state index in [1.165, 1.54) is 11.1 Å². The molecule has 16 heavy (non-hydrogen) atoms. The van der Waals surface area contributed by atoms with Crippen molar-refractivity contribution in [1.82, 2.24) is 0 Å². The van der Waals surface area contributed by atoms with E-state index in [4.69, 9.17) is 5.73 Å². The van der Waals surface area contributed by atoms with Crippen molar-refractivity contribution < 1.29 is 0 Å². The first-order valence-corrected chi connectivity index (χ1v) is 5.95. The van der Waals surface area contributed by atoms with E-state index < -0.39 is 0 Å². The molecule has 1 heteroatoms. The molecule has 1 aromatic rings. The first-order chi connectivity index (χ1) is 7.53. The van der Waals surface area contributed by atoms with Crippen molar-refractivity contribution in [3.05, 3.63) is 48.0 Å². The molecule has 1 nitrogen and oxygen atoms in total. The number of hydrogen-bond donors (Lipinski definition) is 1. The van der Waals surface area contributed by atoms with Gasteiger partial charge in [-0.05, 0) is 23.5 Å². The van der Waals surface area contributed by atoms with Gasteiger partial charge in [-0.15, -0.1) is 6.58 Å². The number of benzene rings is 1. The van der Waals surface area contributed by atoms with Crippen LogP contribution in [0.4, 0.5) is 0 Å². The van der Waals surface area contributed by atoms with Crippen LogP contribution < -0.4 is 5.73 Å². The summed E-state index contributed by atoms with van der Waals surface area (Å²) >= 11 is 0. The van der Waals surface area contributed by atoms with E-state index in [0.29, 0.717) is 12.5 Å². The lowest BCUT2D eigenvalue weighted by atomic mass is 9.79. The summed E-state index contributed by atoms with van der Waals surface area (Å²) in [6.45, 7) is 11.1. The Morgan fingerprint density at radius 2 is 1.88 bits per heavy atom. The molecule has 0 aromatic heterocycles. The second kappa shape index (κ2) is 5.31. The van der Waals surface area contributed by atoms with Crippen LogP contribution in [0.5, 0.6) is 0 Å². The Morgan fingerprint density at radius 1 is 1.31 bits per heavy atom. The van der Waals surface area contributed by atoms with Crippen LogP contribution in [-0.4, -0.2) is 6.54 Å². The average Bonchev–Trinajstić information content (AvgIpc) is 2.29. The second-order valence-corrected chi connectivity index (χ2v) is 5.03. The van der Waals surface area contributed by atoms with Crippen LogP contribution in [0.25, 0.3) is 0 Å². The molecule has 1 aromatic carbocycles. The SMILES string of the molecule is C=CCC(C)(CN)c1ccc(C(C)C)cc1. The van der Waals surface area contributed by atoms with E-state index in [1.807, 2.05) is 6.08 Å². The molecule has 0 spiro atoms. The maximum atomic E-state index is 5.88. The van der Waals surface area contributed by atoms with Crippen LogP contribution in [0.1, 0.15) is 44.2 Å². The zero-order valence-corrected chi connectivity index (χ0v) is 10.7. The van der Waals surface area contributed by atoms with Crippen LogP contribution in [0, 0.1) is 0 Å². The molecule has 0 bridgehead atoms. The van der Waals surface area contributed by atoms with E-state index in [2.05, 4.69) is 51.6 Å². The summed E-state index contributed by atoms with van der Waals surface area (Å²) in [5, 5.41) is 0. The number of rotatable bonds is 5. The van der Waals surface area contributed by atoms with E-state index >= 15 is 0 Å². The van der Waals surface area contributed by atoms with Gasteiger partial charge in [-0.1, -0.05) is 51.1 Å². The Balaban J connectivity index is 2.99. The lowest BCUT2D eigenvalue weighted by Crippen LogP contribution is -2.31. The molecule has 1 atom stereocenters. The number of allylic oxidation sites excluding steroid dienone is 1. The predicted molar refractivity (Wildman–Crippen MR) is 71.8 cm³/mol. The van der Waals surface area contributed by atoms with E-state index in [0.717, 1.165) is 6.42 Å². The van der Waals surface area contributed by atoms with Gasteiger partial charge < -0.3 is 5.73 Å². The number of nitrogens with two attached hydrogens (primary N) is 1. The number of hydrogen-bond acceptors (Lipinski definition) is 1. The van der Waals surface area contributed by atoms with Gasteiger partial charge in [0.05, 0.1) is 0 Å². The minimum absolute atomic E-state index is 0.0251. The second-order valence-electron chi connectivity index (χ2n) is 5.03. The lowest BCUT2D eigenvalue weighted by molar-refractivity contribution is 0.491. The largest absolute Gasteiger partial charge is 0.330 e. The Morgan fingerprint density at radius 3 is 2.25 bits per heavy atom. The van der Waals surface area contributed by atoms with Crippen molar-refractivity contribution in [2.45, 2.75) is 38.5 Å². The molecule has 1 unspecified atom stereocenters. The molecular weight excluding hydrogens is 194 g/mol. The van der Waals surface area contributed by atoms with Gasteiger partial charge in [-0.3, -0.25) is 0 Å².